The van der Waals surface area contributed by atoms with E-state index in [4.69, 9.17) is 9.26 Å². The van der Waals surface area contributed by atoms with Crippen LogP contribution in [0.15, 0.2) is 28.8 Å². The van der Waals surface area contributed by atoms with E-state index in [-0.39, 0.29) is 18.1 Å². The molecule has 0 spiro atoms. The molecule has 1 aromatic heterocycles. The molecule has 0 saturated carbocycles. The molecule has 1 aromatic carbocycles. The zero-order chi connectivity index (χ0) is 16.6. The molecule has 3 rings (SSSR count). The van der Waals surface area contributed by atoms with Gasteiger partial charge in [-0.15, -0.1) is 0 Å². The molecular weight excluding hydrogens is 292 g/mol. The average molecular weight is 314 g/mol. The van der Waals surface area contributed by atoms with Crippen molar-refractivity contribution in [3.05, 3.63) is 52.4 Å². The molecule has 2 aromatic rings. The van der Waals surface area contributed by atoms with Crippen molar-refractivity contribution in [2.24, 2.45) is 0 Å². The summed E-state index contributed by atoms with van der Waals surface area (Å²) in [6.07, 6.45) is -0.108. The molecule has 1 fully saturated rings. The topological polar surface area (TPSA) is 55.6 Å². The van der Waals surface area contributed by atoms with Crippen LogP contribution in [-0.2, 0) is 4.74 Å². The first-order valence-electron chi connectivity index (χ1n) is 7.88. The van der Waals surface area contributed by atoms with Crippen molar-refractivity contribution < 1.29 is 14.1 Å². The van der Waals surface area contributed by atoms with Crippen LogP contribution in [0.4, 0.5) is 0 Å². The van der Waals surface area contributed by atoms with Crippen LogP contribution < -0.4 is 0 Å². The molecule has 2 heterocycles. The Balaban J connectivity index is 1.84. The first kappa shape index (κ1) is 15.7. The number of aryl methyl sites for hydroxylation is 3. The predicted molar refractivity (Wildman–Crippen MR) is 86.3 cm³/mol. The summed E-state index contributed by atoms with van der Waals surface area (Å²) >= 11 is 0. The van der Waals surface area contributed by atoms with Crippen molar-refractivity contribution in [3.8, 4) is 0 Å². The molecule has 5 heteroatoms. The summed E-state index contributed by atoms with van der Waals surface area (Å²) < 4.78 is 11.0. The van der Waals surface area contributed by atoms with Gasteiger partial charge in [-0.05, 0) is 38.8 Å². The smallest absolute Gasteiger partial charge is 0.276 e. The number of hydrogen-bond acceptors (Lipinski definition) is 4. The fraction of sp³-hybridized carbons (Fsp3) is 0.444. The number of ether oxygens (including phenoxy) is 1. The fourth-order valence-electron chi connectivity index (χ4n) is 2.95. The standard InChI is InChI=1S/C18H22N2O3/c1-11-5-6-12(2)15(7-11)17-9-20(13(3)10-22-17)18(21)16-8-14(4)23-19-16/h5-8,13,17H,9-10H2,1-4H3/t13-,17+/m0/s1. The summed E-state index contributed by atoms with van der Waals surface area (Å²) in [6, 6.07) is 8.02. The summed E-state index contributed by atoms with van der Waals surface area (Å²) in [7, 11) is 0. The maximum absolute atomic E-state index is 12.7. The van der Waals surface area contributed by atoms with Gasteiger partial charge in [0.1, 0.15) is 11.9 Å². The lowest BCUT2D eigenvalue weighted by molar-refractivity contribution is -0.0492. The van der Waals surface area contributed by atoms with Crippen molar-refractivity contribution in [2.75, 3.05) is 13.2 Å². The molecule has 1 saturated heterocycles. The van der Waals surface area contributed by atoms with E-state index in [1.165, 1.54) is 11.1 Å². The molecule has 23 heavy (non-hydrogen) atoms. The zero-order valence-corrected chi connectivity index (χ0v) is 14.0. The summed E-state index contributed by atoms with van der Waals surface area (Å²) in [5.74, 6) is 0.535. The van der Waals surface area contributed by atoms with Crippen molar-refractivity contribution in [2.45, 2.75) is 39.8 Å². The number of carbonyl (C=O) groups is 1. The molecule has 0 N–H and O–H groups in total. The van der Waals surface area contributed by atoms with Crippen molar-refractivity contribution in [1.82, 2.24) is 10.1 Å². The van der Waals surface area contributed by atoms with E-state index >= 15 is 0 Å². The number of morpholine rings is 1. The van der Waals surface area contributed by atoms with E-state index < -0.39 is 0 Å². The summed E-state index contributed by atoms with van der Waals surface area (Å²) in [5, 5.41) is 3.85. The van der Waals surface area contributed by atoms with E-state index in [9.17, 15) is 4.79 Å². The Morgan fingerprint density at radius 2 is 2.04 bits per heavy atom. The predicted octanol–water partition coefficient (Wildman–Crippen LogP) is 3.20. The molecule has 0 unspecified atom stereocenters. The van der Waals surface area contributed by atoms with Gasteiger partial charge in [0.2, 0.25) is 0 Å². The Labute approximate surface area is 136 Å². The SMILES string of the molecule is Cc1ccc(C)c([C@H]2CN(C(=O)c3cc(C)on3)[C@@H](C)CO2)c1. The van der Waals surface area contributed by atoms with E-state index in [1.54, 1.807) is 13.0 Å². The first-order chi connectivity index (χ1) is 11.0. The highest BCUT2D eigenvalue weighted by molar-refractivity contribution is 5.92. The van der Waals surface area contributed by atoms with Crippen molar-refractivity contribution in [1.29, 1.82) is 0 Å². The minimum Gasteiger partial charge on any atom is -0.370 e. The molecule has 0 bridgehead atoms. The number of amides is 1. The molecule has 1 aliphatic heterocycles. The highest BCUT2D eigenvalue weighted by Gasteiger charge is 2.32. The Hall–Kier alpha value is -2.14. The van der Waals surface area contributed by atoms with Gasteiger partial charge >= 0.3 is 0 Å². The number of benzene rings is 1. The van der Waals surface area contributed by atoms with Crippen LogP contribution in [0.3, 0.4) is 0 Å². The number of carbonyl (C=O) groups excluding carboxylic acids is 1. The summed E-state index contributed by atoms with van der Waals surface area (Å²) in [4.78, 5) is 14.5. The third-order valence-electron chi connectivity index (χ3n) is 4.32. The van der Waals surface area contributed by atoms with Crippen LogP contribution >= 0.6 is 0 Å². The number of aromatic nitrogens is 1. The number of hydrogen-bond donors (Lipinski definition) is 0. The molecule has 122 valence electrons. The summed E-state index contributed by atoms with van der Waals surface area (Å²) in [6.45, 7) is 8.95. The minimum atomic E-state index is -0.108. The molecular formula is C18H22N2O3. The molecule has 5 nitrogen and oxygen atoms in total. The van der Waals surface area contributed by atoms with Gasteiger partial charge < -0.3 is 14.2 Å². The van der Waals surface area contributed by atoms with E-state index in [2.05, 4.69) is 37.2 Å². The highest BCUT2D eigenvalue weighted by Crippen LogP contribution is 2.28. The number of rotatable bonds is 2. The molecule has 0 aliphatic carbocycles. The zero-order valence-electron chi connectivity index (χ0n) is 14.0. The van der Waals surface area contributed by atoms with E-state index in [1.807, 2.05) is 11.8 Å². The summed E-state index contributed by atoms with van der Waals surface area (Å²) in [5.41, 5.74) is 3.87. The third kappa shape index (κ3) is 3.15. The molecule has 2 atom stereocenters. The second kappa shape index (κ2) is 6.16. The number of nitrogens with zero attached hydrogens (tertiary/aromatic N) is 2. The average Bonchev–Trinajstić information content (AvgIpc) is 2.96. The second-order valence-corrected chi connectivity index (χ2v) is 6.31. The lowest BCUT2D eigenvalue weighted by atomic mass is 9.98. The third-order valence-corrected chi connectivity index (χ3v) is 4.32. The second-order valence-electron chi connectivity index (χ2n) is 6.31. The van der Waals surface area contributed by atoms with Crippen LogP contribution in [0.25, 0.3) is 0 Å². The van der Waals surface area contributed by atoms with Crippen LogP contribution in [0.1, 0.15) is 46.0 Å². The minimum absolute atomic E-state index is 0.0147. The van der Waals surface area contributed by atoms with Gasteiger partial charge in [0, 0.05) is 6.07 Å². The van der Waals surface area contributed by atoms with Crippen LogP contribution in [0.2, 0.25) is 0 Å². The highest BCUT2D eigenvalue weighted by atomic mass is 16.5. The van der Waals surface area contributed by atoms with Crippen molar-refractivity contribution in [3.63, 3.8) is 0 Å². The fourth-order valence-corrected chi connectivity index (χ4v) is 2.95. The Morgan fingerprint density at radius 1 is 1.26 bits per heavy atom. The van der Waals surface area contributed by atoms with Gasteiger partial charge in [0.05, 0.1) is 19.2 Å². The monoisotopic (exact) mass is 314 g/mol. The Bertz CT molecular complexity index is 723. The van der Waals surface area contributed by atoms with Gasteiger partial charge in [-0.3, -0.25) is 4.79 Å². The Kier molecular flexibility index (Phi) is 4.22. The van der Waals surface area contributed by atoms with Gasteiger partial charge in [-0.1, -0.05) is 28.9 Å². The van der Waals surface area contributed by atoms with Crippen LogP contribution in [-0.4, -0.2) is 35.2 Å². The maximum Gasteiger partial charge on any atom is 0.276 e. The first-order valence-corrected chi connectivity index (χ1v) is 7.88. The van der Waals surface area contributed by atoms with E-state index in [0.29, 0.717) is 24.6 Å². The van der Waals surface area contributed by atoms with Gasteiger partial charge in [-0.25, -0.2) is 0 Å². The van der Waals surface area contributed by atoms with Crippen LogP contribution in [0.5, 0.6) is 0 Å². The van der Waals surface area contributed by atoms with Gasteiger partial charge in [-0.2, -0.15) is 0 Å². The van der Waals surface area contributed by atoms with Gasteiger partial charge in [0.25, 0.3) is 5.91 Å². The van der Waals surface area contributed by atoms with Crippen molar-refractivity contribution >= 4 is 5.91 Å². The Morgan fingerprint density at radius 3 is 2.74 bits per heavy atom. The normalized spacial score (nSPS) is 21.5. The molecule has 1 amide bonds. The van der Waals surface area contributed by atoms with Crippen LogP contribution in [0, 0.1) is 20.8 Å². The molecule has 0 radical (unpaired) electrons. The largest absolute Gasteiger partial charge is 0.370 e. The lowest BCUT2D eigenvalue weighted by Gasteiger charge is -2.38. The van der Waals surface area contributed by atoms with Gasteiger partial charge in [0.15, 0.2) is 5.69 Å². The maximum atomic E-state index is 12.7. The lowest BCUT2D eigenvalue weighted by Crippen LogP contribution is -2.48. The quantitative estimate of drug-likeness (QED) is 0.854. The molecule has 1 aliphatic rings. The van der Waals surface area contributed by atoms with E-state index in [0.717, 1.165) is 5.56 Å².